The summed E-state index contributed by atoms with van der Waals surface area (Å²) in [5, 5.41) is 2.45. The van der Waals surface area contributed by atoms with Gasteiger partial charge in [0, 0.05) is 4.47 Å². The van der Waals surface area contributed by atoms with Crippen LogP contribution < -0.4 is 5.32 Å². The molecule has 0 aliphatic carbocycles. The van der Waals surface area contributed by atoms with E-state index in [1.165, 1.54) is 12.1 Å². The van der Waals surface area contributed by atoms with E-state index in [1.54, 1.807) is 26.0 Å². The van der Waals surface area contributed by atoms with E-state index in [-0.39, 0.29) is 24.0 Å². The fourth-order valence-corrected chi connectivity index (χ4v) is 2.52. The lowest BCUT2D eigenvalue weighted by Crippen LogP contribution is -2.46. The fraction of sp³-hybridized carbons (Fsp3) is 0.588. The number of alkyl halides is 3. The molecule has 2 unspecified atom stereocenters. The normalized spacial score (nSPS) is 14.8. The molecule has 3 nitrogen and oxygen atoms in total. The maximum atomic E-state index is 13.5. The highest BCUT2D eigenvalue weighted by Gasteiger charge is 2.43. The van der Waals surface area contributed by atoms with Crippen LogP contribution in [-0.4, -0.2) is 24.3 Å². The molecule has 0 radical (unpaired) electrons. The summed E-state index contributed by atoms with van der Waals surface area (Å²) in [4.78, 5) is 12.2. The Morgan fingerprint density at radius 3 is 2.12 bits per heavy atom. The molecule has 1 aromatic rings. The van der Waals surface area contributed by atoms with Crippen molar-refractivity contribution in [2.45, 2.75) is 58.5 Å². The molecular weight excluding hydrogens is 387 g/mol. The average Bonchev–Trinajstić information content (AvgIpc) is 2.42. The first-order valence-corrected chi connectivity index (χ1v) is 8.58. The maximum Gasteiger partial charge on any atom is 0.407 e. The third-order valence-electron chi connectivity index (χ3n) is 3.24. The van der Waals surface area contributed by atoms with E-state index in [0.717, 1.165) is 0 Å². The molecule has 24 heavy (non-hydrogen) atoms. The SMILES string of the molecule is CC(C)CC(NC(c1ccc(Br)cc1)C(F)(F)F)C(=O)OC(C)C. The molecule has 2 atom stereocenters. The van der Waals surface area contributed by atoms with Crippen LogP contribution in [0, 0.1) is 5.92 Å². The minimum absolute atomic E-state index is 0.0426. The molecule has 136 valence electrons. The summed E-state index contributed by atoms with van der Waals surface area (Å²) < 4.78 is 46.3. The number of halogens is 4. The van der Waals surface area contributed by atoms with Gasteiger partial charge in [-0.15, -0.1) is 0 Å². The minimum Gasteiger partial charge on any atom is -0.462 e. The molecule has 0 amide bonds. The van der Waals surface area contributed by atoms with Gasteiger partial charge in [-0.25, -0.2) is 0 Å². The van der Waals surface area contributed by atoms with Gasteiger partial charge >= 0.3 is 12.1 Å². The molecule has 0 saturated heterocycles. The first-order chi connectivity index (χ1) is 11.0. The van der Waals surface area contributed by atoms with Gasteiger partial charge in [-0.3, -0.25) is 10.1 Å². The molecule has 0 aliphatic rings. The van der Waals surface area contributed by atoms with Crippen LogP contribution in [0.1, 0.15) is 45.7 Å². The summed E-state index contributed by atoms with van der Waals surface area (Å²) in [6, 6.07) is 2.89. The summed E-state index contributed by atoms with van der Waals surface area (Å²) in [6.45, 7) is 7.03. The first kappa shape index (κ1) is 21.0. The third-order valence-corrected chi connectivity index (χ3v) is 3.77. The highest BCUT2D eigenvalue weighted by Crippen LogP contribution is 2.34. The smallest absolute Gasteiger partial charge is 0.407 e. The second-order valence-electron chi connectivity index (χ2n) is 6.36. The van der Waals surface area contributed by atoms with Crippen molar-refractivity contribution in [1.29, 1.82) is 0 Å². The van der Waals surface area contributed by atoms with Crippen molar-refractivity contribution in [1.82, 2.24) is 5.32 Å². The van der Waals surface area contributed by atoms with Crippen molar-refractivity contribution in [3.63, 3.8) is 0 Å². The number of benzene rings is 1. The molecule has 0 aliphatic heterocycles. The quantitative estimate of drug-likeness (QED) is 0.643. The number of rotatable bonds is 7. The Labute approximate surface area is 149 Å². The first-order valence-electron chi connectivity index (χ1n) is 7.79. The van der Waals surface area contributed by atoms with Gasteiger partial charge in [0.25, 0.3) is 0 Å². The van der Waals surface area contributed by atoms with E-state index in [9.17, 15) is 18.0 Å². The number of carbonyl (C=O) groups excluding carboxylic acids is 1. The summed E-state index contributed by atoms with van der Waals surface area (Å²) >= 11 is 3.20. The van der Waals surface area contributed by atoms with Crippen LogP contribution in [-0.2, 0) is 9.53 Å². The van der Waals surface area contributed by atoms with Gasteiger partial charge in [-0.05, 0) is 43.9 Å². The van der Waals surface area contributed by atoms with Crippen LogP contribution >= 0.6 is 15.9 Å². The largest absolute Gasteiger partial charge is 0.462 e. The Balaban J connectivity index is 3.07. The molecule has 0 aromatic heterocycles. The van der Waals surface area contributed by atoms with E-state index < -0.39 is 24.2 Å². The van der Waals surface area contributed by atoms with Gasteiger partial charge in [-0.2, -0.15) is 13.2 Å². The molecule has 1 rings (SSSR count). The molecule has 0 bridgehead atoms. The number of hydrogen-bond donors (Lipinski definition) is 1. The second kappa shape index (κ2) is 8.85. The average molecular weight is 410 g/mol. The van der Waals surface area contributed by atoms with Gasteiger partial charge in [0.15, 0.2) is 0 Å². The minimum atomic E-state index is -4.53. The zero-order chi connectivity index (χ0) is 18.5. The highest BCUT2D eigenvalue weighted by atomic mass is 79.9. The number of hydrogen-bond acceptors (Lipinski definition) is 3. The monoisotopic (exact) mass is 409 g/mol. The molecule has 0 saturated carbocycles. The van der Waals surface area contributed by atoms with E-state index in [1.807, 2.05) is 13.8 Å². The lowest BCUT2D eigenvalue weighted by atomic mass is 10.00. The Kier molecular flexibility index (Phi) is 7.73. The molecule has 7 heteroatoms. The van der Waals surface area contributed by atoms with E-state index in [0.29, 0.717) is 4.47 Å². The Hall–Kier alpha value is -1.08. The van der Waals surface area contributed by atoms with Crippen LogP contribution in [0.3, 0.4) is 0 Å². The predicted octanol–water partition coefficient (Wildman–Crippen LogP) is 5.01. The highest BCUT2D eigenvalue weighted by molar-refractivity contribution is 9.10. The molecule has 0 fully saturated rings. The second-order valence-corrected chi connectivity index (χ2v) is 7.28. The van der Waals surface area contributed by atoms with Crippen LogP contribution in [0.2, 0.25) is 0 Å². The molecule has 1 aromatic carbocycles. The number of esters is 1. The van der Waals surface area contributed by atoms with Crippen LogP contribution in [0.4, 0.5) is 13.2 Å². The number of carbonyl (C=O) groups is 1. The molecule has 0 heterocycles. The van der Waals surface area contributed by atoms with E-state index in [2.05, 4.69) is 21.2 Å². The molecule has 0 spiro atoms. The van der Waals surface area contributed by atoms with Gasteiger partial charge in [-0.1, -0.05) is 41.9 Å². The fourth-order valence-electron chi connectivity index (χ4n) is 2.25. The van der Waals surface area contributed by atoms with Crippen molar-refractivity contribution >= 4 is 21.9 Å². The van der Waals surface area contributed by atoms with Crippen molar-refractivity contribution < 1.29 is 22.7 Å². The van der Waals surface area contributed by atoms with Crippen molar-refractivity contribution in [2.24, 2.45) is 5.92 Å². The lowest BCUT2D eigenvalue weighted by molar-refractivity contribution is -0.166. The predicted molar refractivity (Wildman–Crippen MR) is 90.5 cm³/mol. The van der Waals surface area contributed by atoms with Crippen LogP contribution in [0.5, 0.6) is 0 Å². The summed E-state index contributed by atoms with van der Waals surface area (Å²) in [7, 11) is 0. The van der Waals surface area contributed by atoms with Crippen LogP contribution in [0.15, 0.2) is 28.7 Å². The van der Waals surface area contributed by atoms with E-state index in [4.69, 9.17) is 4.74 Å². The number of ether oxygens (including phenoxy) is 1. The summed E-state index contributed by atoms with van der Waals surface area (Å²) in [5.74, 6) is -0.619. The van der Waals surface area contributed by atoms with Gasteiger partial charge in [0.2, 0.25) is 0 Å². The van der Waals surface area contributed by atoms with Crippen LogP contribution in [0.25, 0.3) is 0 Å². The lowest BCUT2D eigenvalue weighted by Gasteiger charge is -2.28. The summed E-state index contributed by atoms with van der Waals surface area (Å²) in [6.07, 6.45) is -4.65. The zero-order valence-corrected chi connectivity index (χ0v) is 15.7. The standard InChI is InChI=1S/C17H23BrF3NO2/c1-10(2)9-14(16(23)24-11(3)4)22-15(17(19,20)21)12-5-7-13(18)8-6-12/h5-8,10-11,14-15,22H,9H2,1-4H3. The number of nitrogens with one attached hydrogen (secondary N) is 1. The third kappa shape index (κ3) is 6.81. The molecular formula is C17H23BrF3NO2. The van der Waals surface area contributed by atoms with Crippen molar-refractivity contribution in [3.8, 4) is 0 Å². The van der Waals surface area contributed by atoms with Gasteiger partial charge in [0.05, 0.1) is 6.10 Å². The van der Waals surface area contributed by atoms with Crippen molar-refractivity contribution in [3.05, 3.63) is 34.3 Å². The Morgan fingerprint density at radius 1 is 1.17 bits per heavy atom. The maximum absolute atomic E-state index is 13.5. The topological polar surface area (TPSA) is 38.3 Å². The zero-order valence-electron chi connectivity index (χ0n) is 14.2. The Bertz CT molecular complexity index is 530. The summed E-state index contributed by atoms with van der Waals surface area (Å²) in [5.41, 5.74) is 0.0526. The van der Waals surface area contributed by atoms with E-state index >= 15 is 0 Å². The van der Waals surface area contributed by atoms with Gasteiger partial charge < -0.3 is 4.74 Å². The Morgan fingerprint density at radius 2 is 1.71 bits per heavy atom. The van der Waals surface area contributed by atoms with Gasteiger partial charge in [0.1, 0.15) is 12.1 Å². The molecule has 1 N–H and O–H groups in total. The van der Waals surface area contributed by atoms with Crippen molar-refractivity contribution in [2.75, 3.05) is 0 Å².